The van der Waals surface area contributed by atoms with Crippen molar-refractivity contribution in [3.63, 3.8) is 0 Å². The van der Waals surface area contributed by atoms with Gasteiger partial charge in [0.25, 0.3) is 0 Å². The molecule has 23 heavy (non-hydrogen) atoms. The summed E-state index contributed by atoms with van der Waals surface area (Å²) in [6, 6.07) is 8.17. The molecule has 118 valence electrons. The average molecular weight is 326 g/mol. The highest BCUT2D eigenvalue weighted by atomic mass is 32.2. The number of hydrogen-bond acceptors (Lipinski definition) is 6. The lowest BCUT2D eigenvalue weighted by Crippen LogP contribution is -1.96. The first-order chi connectivity index (χ1) is 11.2. The Morgan fingerprint density at radius 2 is 2.00 bits per heavy atom. The summed E-state index contributed by atoms with van der Waals surface area (Å²) in [6.45, 7) is 4.11. The van der Waals surface area contributed by atoms with Crippen LogP contribution in [0.2, 0.25) is 0 Å². The van der Waals surface area contributed by atoms with E-state index in [1.807, 2.05) is 12.1 Å². The van der Waals surface area contributed by atoms with Crippen LogP contribution in [0.4, 0.5) is 0 Å². The first-order valence-electron chi connectivity index (χ1n) is 7.92. The van der Waals surface area contributed by atoms with E-state index in [-0.39, 0.29) is 5.92 Å². The molecule has 6 heteroatoms. The highest BCUT2D eigenvalue weighted by Crippen LogP contribution is 2.40. The number of hydrogen-bond donors (Lipinski definition) is 0. The monoisotopic (exact) mass is 326 g/mol. The second-order valence-corrected chi connectivity index (χ2v) is 7.13. The second kappa shape index (κ2) is 5.92. The smallest absolute Gasteiger partial charge is 0.237 e. The Bertz CT molecular complexity index is 841. The van der Waals surface area contributed by atoms with Crippen LogP contribution >= 0.6 is 11.8 Å². The third kappa shape index (κ3) is 3.08. The number of fused-ring (bicyclic) bond motifs is 1. The van der Waals surface area contributed by atoms with E-state index >= 15 is 0 Å². The second-order valence-electron chi connectivity index (χ2n) is 6.17. The van der Waals surface area contributed by atoms with E-state index in [9.17, 15) is 0 Å². The fourth-order valence-corrected chi connectivity index (χ4v) is 3.25. The van der Waals surface area contributed by atoms with Crippen LogP contribution in [0.5, 0.6) is 0 Å². The third-order valence-electron chi connectivity index (χ3n) is 3.86. The summed E-state index contributed by atoms with van der Waals surface area (Å²) in [6.07, 6.45) is 2.40. The molecular formula is C17H18N4OS. The van der Waals surface area contributed by atoms with E-state index in [4.69, 9.17) is 14.5 Å². The first-order valence-corrected chi connectivity index (χ1v) is 8.91. The first kappa shape index (κ1) is 14.6. The summed E-state index contributed by atoms with van der Waals surface area (Å²) in [7, 11) is 0. The van der Waals surface area contributed by atoms with Crippen LogP contribution in [0, 0.1) is 0 Å². The number of rotatable bonds is 5. The van der Waals surface area contributed by atoms with Gasteiger partial charge in [-0.05, 0) is 18.9 Å². The van der Waals surface area contributed by atoms with Crippen LogP contribution < -0.4 is 0 Å². The molecule has 1 saturated carbocycles. The van der Waals surface area contributed by atoms with Crippen molar-refractivity contribution < 1.29 is 4.52 Å². The predicted molar refractivity (Wildman–Crippen MR) is 89.5 cm³/mol. The van der Waals surface area contributed by atoms with E-state index in [2.05, 4.69) is 36.1 Å². The molecule has 0 saturated heterocycles. The highest BCUT2D eigenvalue weighted by molar-refractivity contribution is 7.98. The summed E-state index contributed by atoms with van der Waals surface area (Å²) < 4.78 is 5.32. The molecule has 0 spiro atoms. The molecule has 0 bridgehead atoms. The summed E-state index contributed by atoms with van der Waals surface area (Å²) >= 11 is 1.64. The molecule has 0 N–H and O–H groups in total. The Kier molecular flexibility index (Phi) is 3.77. The van der Waals surface area contributed by atoms with E-state index in [1.54, 1.807) is 11.8 Å². The molecule has 1 aliphatic carbocycles. The van der Waals surface area contributed by atoms with E-state index < -0.39 is 0 Å². The Balaban J connectivity index is 1.61. The number of benzene rings is 1. The van der Waals surface area contributed by atoms with Gasteiger partial charge in [0.1, 0.15) is 10.9 Å². The molecule has 2 aromatic heterocycles. The van der Waals surface area contributed by atoms with Gasteiger partial charge in [0.05, 0.1) is 11.3 Å². The Hall–Kier alpha value is -1.95. The van der Waals surface area contributed by atoms with Crippen molar-refractivity contribution in [1.29, 1.82) is 0 Å². The molecule has 1 aromatic carbocycles. The van der Waals surface area contributed by atoms with Crippen molar-refractivity contribution in [3.8, 4) is 0 Å². The van der Waals surface area contributed by atoms with Gasteiger partial charge in [0.15, 0.2) is 5.82 Å². The zero-order chi connectivity index (χ0) is 15.8. The van der Waals surface area contributed by atoms with Crippen molar-refractivity contribution in [2.45, 2.75) is 49.3 Å². The minimum absolute atomic E-state index is 0.277. The van der Waals surface area contributed by atoms with Gasteiger partial charge in [-0.25, -0.2) is 9.97 Å². The SMILES string of the molecule is CC(C)c1noc(CSc2nc(C3CC3)nc3ccccc23)n1. The van der Waals surface area contributed by atoms with Crippen molar-refractivity contribution in [3.05, 3.63) is 41.8 Å². The quantitative estimate of drug-likeness (QED) is 0.514. The van der Waals surface area contributed by atoms with Gasteiger partial charge in [-0.1, -0.05) is 49.0 Å². The molecular weight excluding hydrogens is 308 g/mol. The van der Waals surface area contributed by atoms with Crippen LogP contribution in [-0.4, -0.2) is 20.1 Å². The highest BCUT2D eigenvalue weighted by Gasteiger charge is 2.27. The Morgan fingerprint density at radius 3 is 2.74 bits per heavy atom. The lowest BCUT2D eigenvalue weighted by atomic mass is 10.2. The molecule has 0 radical (unpaired) electrons. The number of aromatic nitrogens is 4. The van der Waals surface area contributed by atoms with Crippen molar-refractivity contribution in [2.24, 2.45) is 0 Å². The van der Waals surface area contributed by atoms with Crippen LogP contribution in [0.1, 0.15) is 56.1 Å². The maximum Gasteiger partial charge on any atom is 0.237 e. The van der Waals surface area contributed by atoms with Gasteiger partial charge in [-0.2, -0.15) is 4.98 Å². The number of nitrogens with zero attached hydrogens (tertiary/aromatic N) is 4. The van der Waals surface area contributed by atoms with Crippen molar-refractivity contribution in [1.82, 2.24) is 20.1 Å². The van der Waals surface area contributed by atoms with Crippen molar-refractivity contribution in [2.75, 3.05) is 0 Å². The van der Waals surface area contributed by atoms with Gasteiger partial charge >= 0.3 is 0 Å². The maximum atomic E-state index is 5.32. The average Bonchev–Trinajstić information content (AvgIpc) is 3.30. The zero-order valence-electron chi connectivity index (χ0n) is 13.2. The number of para-hydroxylation sites is 1. The fraction of sp³-hybridized carbons (Fsp3) is 0.412. The molecule has 0 aliphatic heterocycles. The van der Waals surface area contributed by atoms with Gasteiger partial charge in [0, 0.05) is 17.2 Å². The molecule has 0 amide bonds. The van der Waals surface area contributed by atoms with E-state index in [0.29, 0.717) is 17.6 Å². The Morgan fingerprint density at radius 1 is 1.17 bits per heavy atom. The minimum atomic E-state index is 0.277. The summed E-state index contributed by atoms with van der Waals surface area (Å²) in [4.78, 5) is 13.9. The largest absolute Gasteiger partial charge is 0.338 e. The van der Waals surface area contributed by atoms with Gasteiger partial charge in [-0.15, -0.1) is 0 Å². The standard InChI is InChI=1S/C17H18N4OS/c1-10(2)15-19-14(22-21-15)9-23-17-12-5-3-4-6-13(12)18-16(20-17)11-7-8-11/h3-6,10-11H,7-9H2,1-2H3. The molecule has 1 aliphatic rings. The maximum absolute atomic E-state index is 5.32. The van der Waals surface area contributed by atoms with Crippen LogP contribution in [0.3, 0.4) is 0 Å². The van der Waals surface area contributed by atoms with E-state index in [0.717, 1.165) is 27.6 Å². The molecule has 1 fully saturated rings. The fourth-order valence-electron chi connectivity index (χ4n) is 2.39. The van der Waals surface area contributed by atoms with Crippen LogP contribution in [-0.2, 0) is 5.75 Å². The molecule has 0 unspecified atom stereocenters. The summed E-state index contributed by atoms with van der Waals surface area (Å²) in [5.41, 5.74) is 1.01. The molecule has 4 rings (SSSR count). The van der Waals surface area contributed by atoms with E-state index in [1.165, 1.54) is 12.8 Å². The summed E-state index contributed by atoms with van der Waals surface area (Å²) in [5.74, 6) is 3.82. The predicted octanol–water partition coefficient (Wildman–Crippen LogP) is 4.31. The zero-order valence-corrected chi connectivity index (χ0v) is 14.0. The number of thioether (sulfide) groups is 1. The topological polar surface area (TPSA) is 64.7 Å². The van der Waals surface area contributed by atoms with Crippen LogP contribution in [0.25, 0.3) is 10.9 Å². The van der Waals surface area contributed by atoms with Crippen LogP contribution in [0.15, 0.2) is 33.8 Å². The minimum Gasteiger partial charge on any atom is -0.338 e. The lowest BCUT2D eigenvalue weighted by molar-refractivity contribution is 0.383. The lowest BCUT2D eigenvalue weighted by Gasteiger charge is -2.06. The molecule has 3 aromatic rings. The molecule has 2 heterocycles. The third-order valence-corrected chi connectivity index (χ3v) is 4.84. The summed E-state index contributed by atoms with van der Waals surface area (Å²) in [5, 5.41) is 6.10. The van der Waals surface area contributed by atoms with Gasteiger partial charge in [-0.3, -0.25) is 0 Å². The van der Waals surface area contributed by atoms with Crippen molar-refractivity contribution >= 4 is 22.7 Å². The molecule has 0 atom stereocenters. The van der Waals surface area contributed by atoms with Gasteiger partial charge < -0.3 is 4.52 Å². The molecule has 5 nitrogen and oxygen atoms in total. The Labute approximate surface area is 138 Å². The van der Waals surface area contributed by atoms with Gasteiger partial charge in [0.2, 0.25) is 5.89 Å². The normalized spacial score (nSPS) is 14.7.